The summed E-state index contributed by atoms with van der Waals surface area (Å²) in [5.74, 6) is -0.856. The molecule has 7 heteroatoms. The molecule has 0 aromatic heterocycles. The number of nitrogens with zero attached hydrogens (tertiary/aromatic N) is 2. The van der Waals surface area contributed by atoms with E-state index in [0.717, 1.165) is 5.56 Å². The summed E-state index contributed by atoms with van der Waals surface area (Å²) < 4.78 is 32.9. The van der Waals surface area contributed by atoms with Gasteiger partial charge in [-0.05, 0) is 49.7 Å². The molecule has 0 aliphatic carbocycles. The van der Waals surface area contributed by atoms with Crippen LogP contribution in [0.15, 0.2) is 46.9 Å². The molecule has 0 radical (unpaired) electrons. The molecule has 150 valence electrons. The Hall–Kier alpha value is -1.99. The highest BCUT2D eigenvalue weighted by molar-refractivity contribution is 9.10. The van der Waals surface area contributed by atoms with Crippen LogP contribution in [0, 0.1) is 11.6 Å². The van der Waals surface area contributed by atoms with E-state index < -0.39 is 5.82 Å². The Morgan fingerprint density at radius 2 is 1.82 bits per heavy atom. The summed E-state index contributed by atoms with van der Waals surface area (Å²) in [6, 6.07) is 11.1. The molecule has 0 N–H and O–H groups in total. The number of halogens is 3. The van der Waals surface area contributed by atoms with Gasteiger partial charge in [0, 0.05) is 36.2 Å². The van der Waals surface area contributed by atoms with Crippen LogP contribution in [0.1, 0.15) is 19.4 Å². The summed E-state index contributed by atoms with van der Waals surface area (Å²) in [6.07, 6.45) is 0. The number of rotatable bonds is 5. The maximum absolute atomic E-state index is 13.9. The van der Waals surface area contributed by atoms with Crippen LogP contribution in [0.4, 0.5) is 8.78 Å². The Kier molecular flexibility index (Phi) is 6.67. The van der Waals surface area contributed by atoms with Gasteiger partial charge in [-0.2, -0.15) is 0 Å². The fourth-order valence-electron chi connectivity index (χ4n) is 3.40. The van der Waals surface area contributed by atoms with E-state index in [1.165, 1.54) is 24.3 Å². The Morgan fingerprint density at radius 3 is 2.50 bits per heavy atom. The zero-order valence-corrected chi connectivity index (χ0v) is 17.5. The van der Waals surface area contributed by atoms with Gasteiger partial charge in [0.25, 0.3) is 5.91 Å². The summed E-state index contributed by atoms with van der Waals surface area (Å²) in [5, 5.41) is 0. The first-order chi connectivity index (χ1) is 13.3. The van der Waals surface area contributed by atoms with Crippen LogP contribution in [0.5, 0.6) is 5.75 Å². The van der Waals surface area contributed by atoms with Crippen LogP contribution in [-0.4, -0.2) is 47.5 Å². The second-order valence-electron chi connectivity index (χ2n) is 7.16. The minimum absolute atomic E-state index is 0.00233. The van der Waals surface area contributed by atoms with Crippen molar-refractivity contribution < 1.29 is 18.3 Å². The summed E-state index contributed by atoms with van der Waals surface area (Å²) in [4.78, 5) is 16.7. The first-order valence-corrected chi connectivity index (χ1v) is 9.98. The number of hydrogen-bond acceptors (Lipinski definition) is 3. The molecule has 0 spiro atoms. The minimum atomic E-state index is -0.507. The lowest BCUT2D eigenvalue weighted by atomic mass is 10.1. The van der Waals surface area contributed by atoms with Gasteiger partial charge in [0.05, 0.1) is 0 Å². The number of ether oxygens (including phenoxy) is 1. The first kappa shape index (κ1) is 20.7. The van der Waals surface area contributed by atoms with Gasteiger partial charge >= 0.3 is 0 Å². The number of carbonyl (C=O) groups excluding carboxylic acids is 1. The summed E-state index contributed by atoms with van der Waals surface area (Å²) in [5.41, 5.74) is 1.04. The van der Waals surface area contributed by atoms with Crippen LogP contribution < -0.4 is 4.74 Å². The lowest BCUT2D eigenvalue weighted by molar-refractivity contribution is -0.139. The lowest BCUT2D eigenvalue weighted by Crippen LogP contribution is -2.58. The van der Waals surface area contributed by atoms with E-state index in [2.05, 4.69) is 27.8 Å². The Morgan fingerprint density at radius 1 is 1.11 bits per heavy atom. The van der Waals surface area contributed by atoms with Gasteiger partial charge in [-0.1, -0.05) is 28.1 Å². The van der Waals surface area contributed by atoms with Crippen LogP contribution in [0.25, 0.3) is 0 Å². The Labute approximate surface area is 172 Å². The van der Waals surface area contributed by atoms with E-state index in [4.69, 9.17) is 4.74 Å². The van der Waals surface area contributed by atoms with E-state index in [0.29, 0.717) is 24.1 Å². The van der Waals surface area contributed by atoms with Crippen LogP contribution in [0.2, 0.25) is 0 Å². The quantitative estimate of drug-likeness (QED) is 0.680. The topological polar surface area (TPSA) is 32.8 Å². The van der Waals surface area contributed by atoms with Gasteiger partial charge < -0.3 is 9.64 Å². The molecule has 0 saturated carbocycles. The second-order valence-corrected chi connectivity index (χ2v) is 8.08. The molecule has 0 bridgehead atoms. The van der Waals surface area contributed by atoms with Gasteiger partial charge in [-0.3, -0.25) is 9.69 Å². The van der Waals surface area contributed by atoms with Crippen molar-refractivity contribution in [2.75, 3.05) is 19.7 Å². The van der Waals surface area contributed by atoms with Crippen molar-refractivity contribution in [1.29, 1.82) is 0 Å². The minimum Gasteiger partial charge on any atom is -0.481 e. The highest BCUT2D eigenvalue weighted by Crippen LogP contribution is 2.22. The third kappa shape index (κ3) is 5.08. The van der Waals surface area contributed by atoms with Crippen molar-refractivity contribution in [3.63, 3.8) is 0 Å². The first-order valence-electron chi connectivity index (χ1n) is 9.19. The smallest absolute Gasteiger partial charge is 0.260 e. The Balaban J connectivity index is 1.57. The number of benzene rings is 2. The third-order valence-electron chi connectivity index (χ3n) is 4.98. The molecule has 28 heavy (non-hydrogen) atoms. The van der Waals surface area contributed by atoms with E-state index >= 15 is 0 Å². The second kappa shape index (κ2) is 9.01. The van der Waals surface area contributed by atoms with Gasteiger partial charge in [0.2, 0.25) is 0 Å². The average molecular weight is 453 g/mol. The van der Waals surface area contributed by atoms with Gasteiger partial charge in [-0.15, -0.1) is 0 Å². The summed E-state index contributed by atoms with van der Waals surface area (Å²) >= 11 is 3.19. The predicted octanol–water partition coefficient (Wildman–Crippen LogP) is 4.23. The molecule has 2 atom stereocenters. The van der Waals surface area contributed by atoms with E-state index in [1.54, 1.807) is 23.1 Å². The number of hydrogen-bond donors (Lipinski definition) is 0. The number of piperazine rings is 1. The van der Waals surface area contributed by atoms with Gasteiger partial charge in [0.1, 0.15) is 5.82 Å². The standard InChI is InChI=1S/C21H23BrF2N2O2/c1-14-11-26(21(27)13-28-20-8-5-17(22)9-19(20)24)15(2)10-25(14)12-16-3-6-18(23)7-4-16/h3-9,14-15H,10-13H2,1-2H3. The highest BCUT2D eigenvalue weighted by Gasteiger charge is 2.32. The van der Waals surface area contributed by atoms with E-state index in [9.17, 15) is 13.6 Å². The van der Waals surface area contributed by atoms with E-state index in [-0.39, 0.29) is 36.2 Å². The molecular formula is C21H23BrF2N2O2. The molecule has 1 heterocycles. The molecule has 1 saturated heterocycles. The van der Waals surface area contributed by atoms with Gasteiger partial charge in [0.15, 0.2) is 18.2 Å². The van der Waals surface area contributed by atoms with Crippen molar-refractivity contribution >= 4 is 21.8 Å². The third-order valence-corrected chi connectivity index (χ3v) is 5.47. The van der Waals surface area contributed by atoms with E-state index in [1.807, 2.05) is 6.92 Å². The molecule has 1 aliphatic rings. The SMILES string of the molecule is CC1CN(C(=O)COc2ccc(Br)cc2F)C(C)CN1Cc1ccc(F)cc1. The molecule has 4 nitrogen and oxygen atoms in total. The predicted molar refractivity (Wildman–Crippen MR) is 107 cm³/mol. The average Bonchev–Trinajstić information content (AvgIpc) is 2.65. The monoisotopic (exact) mass is 452 g/mol. The van der Waals surface area contributed by atoms with Crippen molar-refractivity contribution in [2.24, 2.45) is 0 Å². The van der Waals surface area contributed by atoms with Gasteiger partial charge in [-0.25, -0.2) is 8.78 Å². The zero-order valence-electron chi connectivity index (χ0n) is 15.9. The number of carbonyl (C=O) groups is 1. The van der Waals surface area contributed by atoms with Crippen LogP contribution in [0.3, 0.4) is 0 Å². The summed E-state index contributed by atoms with van der Waals surface area (Å²) in [6.45, 7) is 5.82. The van der Waals surface area contributed by atoms with Crippen molar-refractivity contribution in [1.82, 2.24) is 9.80 Å². The zero-order chi connectivity index (χ0) is 20.3. The normalized spacial score (nSPS) is 20.2. The number of amides is 1. The fourth-order valence-corrected chi connectivity index (χ4v) is 3.74. The van der Waals surface area contributed by atoms with Crippen molar-refractivity contribution in [3.8, 4) is 5.75 Å². The lowest BCUT2D eigenvalue weighted by Gasteiger charge is -2.44. The molecule has 1 aliphatic heterocycles. The summed E-state index contributed by atoms with van der Waals surface area (Å²) in [7, 11) is 0. The molecule has 3 rings (SSSR count). The fraction of sp³-hybridized carbons (Fsp3) is 0.381. The highest BCUT2D eigenvalue weighted by atomic mass is 79.9. The Bertz CT molecular complexity index is 832. The molecule has 2 aromatic carbocycles. The largest absolute Gasteiger partial charge is 0.481 e. The molecule has 1 amide bonds. The van der Waals surface area contributed by atoms with Crippen LogP contribution >= 0.6 is 15.9 Å². The molecule has 2 unspecified atom stereocenters. The maximum atomic E-state index is 13.9. The van der Waals surface area contributed by atoms with Crippen LogP contribution in [-0.2, 0) is 11.3 Å². The van der Waals surface area contributed by atoms with Crippen molar-refractivity contribution in [2.45, 2.75) is 32.5 Å². The molecular weight excluding hydrogens is 430 g/mol. The maximum Gasteiger partial charge on any atom is 0.260 e. The van der Waals surface area contributed by atoms with Crippen molar-refractivity contribution in [3.05, 3.63) is 64.1 Å². The molecule has 1 fully saturated rings. The molecule has 2 aromatic rings.